The first-order valence-corrected chi connectivity index (χ1v) is 8.58. The van der Waals surface area contributed by atoms with Gasteiger partial charge < -0.3 is 5.11 Å². The molecule has 2 N–H and O–H groups in total. The molecule has 128 valence electrons. The molecule has 0 fully saturated rings. The van der Waals surface area contributed by atoms with Crippen molar-refractivity contribution in [1.29, 1.82) is 0 Å². The van der Waals surface area contributed by atoms with Gasteiger partial charge in [0.25, 0.3) is 0 Å². The molecule has 0 spiro atoms. The van der Waals surface area contributed by atoms with E-state index >= 15 is 0 Å². The van der Waals surface area contributed by atoms with Gasteiger partial charge in [0.15, 0.2) is 0 Å². The number of hydrogen-bond acceptors (Lipinski definition) is 3. The fourth-order valence-corrected chi connectivity index (χ4v) is 4.13. The lowest BCUT2D eigenvalue weighted by molar-refractivity contribution is -0.130. The van der Waals surface area contributed by atoms with Gasteiger partial charge in [-0.05, 0) is 37.8 Å². The van der Waals surface area contributed by atoms with Gasteiger partial charge in [-0.15, -0.1) is 0 Å². The molecule has 3 rings (SSSR count). The van der Waals surface area contributed by atoms with Crippen LogP contribution in [0.5, 0.6) is 0 Å². The number of Topliss-reactive ketones (excluding diaryl/α,β-unsaturated/α-hetero) is 1. The molecule has 0 unspecified atom stereocenters. The highest BCUT2D eigenvalue weighted by atomic mass is 16.3. The molecule has 0 aliphatic heterocycles. The fourth-order valence-electron chi connectivity index (χ4n) is 4.13. The van der Waals surface area contributed by atoms with Crippen LogP contribution in [0.15, 0.2) is 24.3 Å². The fraction of sp³-hybridized carbons (Fsp3) is 0.500. The van der Waals surface area contributed by atoms with E-state index in [4.69, 9.17) is 0 Å². The minimum absolute atomic E-state index is 0.0178. The van der Waals surface area contributed by atoms with Gasteiger partial charge >= 0.3 is 0 Å². The third-order valence-electron chi connectivity index (χ3n) is 5.31. The summed E-state index contributed by atoms with van der Waals surface area (Å²) in [6, 6.07) is 8.42. The zero-order valence-electron chi connectivity index (χ0n) is 15.1. The van der Waals surface area contributed by atoms with Crippen molar-refractivity contribution in [3.63, 3.8) is 0 Å². The molecular weight excluding hydrogens is 300 g/mol. The summed E-state index contributed by atoms with van der Waals surface area (Å²) in [4.78, 5) is 12.4. The average Bonchev–Trinajstić information content (AvgIpc) is 2.85. The lowest BCUT2D eigenvalue weighted by atomic mass is 9.64. The van der Waals surface area contributed by atoms with Crippen molar-refractivity contribution in [1.82, 2.24) is 10.2 Å². The summed E-state index contributed by atoms with van der Waals surface area (Å²) in [7, 11) is 0. The van der Waals surface area contributed by atoms with Gasteiger partial charge in [-0.2, -0.15) is 5.10 Å². The molecule has 1 aliphatic carbocycles. The van der Waals surface area contributed by atoms with E-state index in [0.717, 1.165) is 22.5 Å². The molecule has 0 saturated carbocycles. The van der Waals surface area contributed by atoms with Crippen LogP contribution < -0.4 is 0 Å². The smallest absolute Gasteiger partial charge is 0.136 e. The van der Waals surface area contributed by atoms with E-state index in [1.807, 2.05) is 6.92 Å². The largest absolute Gasteiger partial charge is 0.389 e. The third-order valence-corrected chi connectivity index (χ3v) is 5.31. The summed E-state index contributed by atoms with van der Waals surface area (Å²) < 4.78 is 0. The van der Waals surface area contributed by atoms with Crippen LogP contribution in [0.3, 0.4) is 0 Å². The second kappa shape index (κ2) is 5.85. The molecule has 1 heterocycles. The van der Waals surface area contributed by atoms with E-state index < -0.39 is 11.5 Å². The Morgan fingerprint density at radius 1 is 1.33 bits per heavy atom. The number of benzene rings is 1. The lowest BCUT2D eigenvalue weighted by Gasteiger charge is -2.41. The Morgan fingerprint density at radius 2 is 1.96 bits per heavy atom. The maximum absolute atomic E-state index is 12.4. The Morgan fingerprint density at radius 3 is 2.50 bits per heavy atom. The van der Waals surface area contributed by atoms with Crippen LogP contribution >= 0.6 is 0 Å². The molecule has 0 saturated heterocycles. The molecule has 0 radical (unpaired) electrons. The first-order chi connectivity index (χ1) is 11.2. The molecule has 4 nitrogen and oxygen atoms in total. The molecule has 2 aromatic rings. The highest BCUT2D eigenvalue weighted by molar-refractivity contribution is 5.82. The number of nitrogens with zero attached hydrogens (tertiary/aromatic N) is 1. The minimum atomic E-state index is -1.10. The summed E-state index contributed by atoms with van der Waals surface area (Å²) in [5.41, 5.74) is 4.15. The molecule has 0 bridgehead atoms. The minimum Gasteiger partial charge on any atom is -0.389 e. The van der Waals surface area contributed by atoms with E-state index in [1.165, 1.54) is 5.56 Å². The highest BCUT2D eigenvalue weighted by Crippen LogP contribution is 2.46. The Hall–Kier alpha value is -1.94. The second-order valence-electron chi connectivity index (χ2n) is 7.63. The van der Waals surface area contributed by atoms with Crippen molar-refractivity contribution in [2.45, 2.75) is 58.5 Å². The Balaban J connectivity index is 2.17. The maximum atomic E-state index is 12.4. The van der Waals surface area contributed by atoms with Crippen LogP contribution in [0.4, 0.5) is 0 Å². The van der Waals surface area contributed by atoms with Crippen LogP contribution in [0.25, 0.3) is 0 Å². The van der Waals surface area contributed by atoms with Gasteiger partial charge in [0.2, 0.25) is 0 Å². The van der Waals surface area contributed by atoms with E-state index in [2.05, 4.69) is 48.3 Å². The Kier molecular flexibility index (Phi) is 4.12. The van der Waals surface area contributed by atoms with Crippen molar-refractivity contribution in [3.8, 4) is 0 Å². The molecule has 1 aromatic carbocycles. The maximum Gasteiger partial charge on any atom is 0.136 e. The van der Waals surface area contributed by atoms with Crippen molar-refractivity contribution in [3.05, 3.63) is 52.3 Å². The van der Waals surface area contributed by atoms with Crippen molar-refractivity contribution >= 4 is 5.78 Å². The van der Waals surface area contributed by atoms with E-state index in [1.54, 1.807) is 13.8 Å². The number of aromatic amines is 1. The number of rotatable bonds is 3. The summed E-state index contributed by atoms with van der Waals surface area (Å²) >= 11 is 0. The van der Waals surface area contributed by atoms with Gasteiger partial charge in [0, 0.05) is 23.6 Å². The van der Waals surface area contributed by atoms with Gasteiger partial charge in [0.05, 0.1) is 17.2 Å². The predicted octanol–water partition coefficient (Wildman–Crippen LogP) is 3.49. The Labute approximate surface area is 143 Å². The number of aromatic nitrogens is 2. The Bertz CT molecular complexity index is 756. The zero-order valence-corrected chi connectivity index (χ0v) is 15.1. The molecule has 24 heavy (non-hydrogen) atoms. The first kappa shape index (κ1) is 16.9. The predicted molar refractivity (Wildman–Crippen MR) is 94.2 cm³/mol. The average molecular weight is 326 g/mol. The van der Waals surface area contributed by atoms with Crippen molar-refractivity contribution < 1.29 is 9.90 Å². The molecule has 0 amide bonds. The van der Waals surface area contributed by atoms with E-state index in [9.17, 15) is 9.90 Å². The normalized spacial score (nSPS) is 26.5. The van der Waals surface area contributed by atoms with Crippen LogP contribution in [-0.4, -0.2) is 26.7 Å². The quantitative estimate of drug-likeness (QED) is 0.907. The number of hydrogen-bond donors (Lipinski definition) is 2. The van der Waals surface area contributed by atoms with Gasteiger partial charge in [-0.25, -0.2) is 0 Å². The number of aryl methyl sites for hydroxylation is 1. The summed E-state index contributed by atoms with van der Waals surface area (Å²) in [5, 5.41) is 18.4. The van der Waals surface area contributed by atoms with Crippen LogP contribution in [-0.2, 0) is 11.2 Å². The van der Waals surface area contributed by atoms with Crippen molar-refractivity contribution in [2.75, 3.05) is 0 Å². The summed E-state index contributed by atoms with van der Waals surface area (Å²) in [5.74, 6) is -0.153. The second-order valence-corrected chi connectivity index (χ2v) is 7.63. The number of ketones is 1. The zero-order chi connectivity index (χ0) is 17.6. The van der Waals surface area contributed by atoms with E-state index in [0.29, 0.717) is 12.3 Å². The SMILES string of the molecule is CC(=O)[C@@H]1[C@H](c2ccc(C(C)C)cc2)c2c(n[nH]c2C)C[C@@]1(C)O. The monoisotopic (exact) mass is 326 g/mol. The lowest BCUT2D eigenvalue weighted by Crippen LogP contribution is -2.48. The van der Waals surface area contributed by atoms with Gasteiger partial charge in [-0.1, -0.05) is 38.1 Å². The number of carbonyl (C=O) groups excluding carboxylic acids is 1. The molecule has 3 atom stereocenters. The van der Waals surface area contributed by atoms with Gasteiger partial charge in [-0.3, -0.25) is 9.89 Å². The van der Waals surface area contributed by atoms with Crippen LogP contribution in [0, 0.1) is 12.8 Å². The molecule has 1 aromatic heterocycles. The number of aliphatic hydroxyl groups is 1. The number of H-pyrrole nitrogens is 1. The molecule has 4 heteroatoms. The number of fused-ring (bicyclic) bond motifs is 1. The van der Waals surface area contributed by atoms with Gasteiger partial charge in [0.1, 0.15) is 5.78 Å². The standard InChI is InChI=1S/C20H26N2O2/c1-11(2)14-6-8-15(9-7-14)18-17-12(3)21-22-16(17)10-20(5,24)19(18)13(4)23/h6-9,11,18-19,24H,10H2,1-5H3,(H,21,22)/t18-,19-,20-/m1/s1. The number of nitrogens with one attached hydrogen (secondary N) is 1. The first-order valence-electron chi connectivity index (χ1n) is 8.58. The summed E-state index contributed by atoms with van der Waals surface area (Å²) in [6.07, 6.45) is 0.400. The van der Waals surface area contributed by atoms with Crippen LogP contribution in [0.1, 0.15) is 67.6 Å². The van der Waals surface area contributed by atoms with Crippen molar-refractivity contribution in [2.24, 2.45) is 5.92 Å². The highest BCUT2D eigenvalue weighted by Gasteiger charge is 2.48. The molecule has 1 aliphatic rings. The molecular formula is C20H26N2O2. The summed E-state index contributed by atoms with van der Waals surface area (Å²) in [6.45, 7) is 9.64. The van der Waals surface area contributed by atoms with Crippen LogP contribution in [0.2, 0.25) is 0 Å². The third kappa shape index (κ3) is 2.69. The number of carbonyl (C=O) groups is 1. The topological polar surface area (TPSA) is 66.0 Å². The van der Waals surface area contributed by atoms with E-state index in [-0.39, 0.29) is 11.7 Å².